The smallest absolute Gasteiger partial charge is 0.165 e. The van der Waals surface area contributed by atoms with Gasteiger partial charge in [0, 0.05) is 28.3 Å². The first-order chi connectivity index (χ1) is 31.7. The Morgan fingerprint density at radius 3 is 1.34 bits per heavy atom. The van der Waals surface area contributed by atoms with Crippen LogP contribution in [0.4, 0.5) is 0 Å². The van der Waals surface area contributed by atoms with Crippen LogP contribution < -0.4 is 0 Å². The van der Waals surface area contributed by atoms with Crippen molar-refractivity contribution in [1.82, 2.24) is 19.9 Å². The molecule has 12 aromatic rings. The van der Waals surface area contributed by atoms with Crippen LogP contribution in [-0.4, -0.2) is 19.9 Å². The third kappa shape index (κ3) is 5.11. The maximum Gasteiger partial charge on any atom is 0.165 e. The normalized spacial score (nSPS) is 12.1. The van der Waals surface area contributed by atoms with Crippen molar-refractivity contribution in [2.75, 3.05) is 0 Å². The van der Waals surface area contributed by atoms with E-state index < -0.39 is 0 Å². The standard InChI is InChI=1S/C60H34N4/c1-2-13-35(14-3-1)58-62-59(64-60(63-58)57-42-16-5-4-15-36(42)34-54-53(57)25-12-30-61-54)39-32-37(40-26-28-51-45-19-8-6-17-43(45)49-23-10-21-47(40)55(49)51)31-38(33-39)41-27-29-52-46-20-9-7-18-44(46)50-24-11-22-48(41)56(50)52/h1-34H. The van der Waals surface area contributed by atoms with Gasteiger partial charge in [-0.1, -0.05) is 170 Å². The minimum atomic E-state index is 0.605. The van der Waals surface area contributed by atoms with Crippen molar-refractivity contribution < 1.29 is 0 Å². The van der Waals surface area contributed by atoms with E-state index in [1.807, 2.05) is 30.5 Å². The number of aromatic nitrogens is 4. The average Bonchev–Trinajstić information content (AvgIpc) is 3.87. The topological polar surface area (TPSA) is 51.6 Å². The van der Waals surface area contributed by atoms with Crippen LogP contribution in [-0.2, 0) is 0 Å². The molecular formula is C60H34N4. The average molecular weight is 811 g/mol. The van der Waals surface area contributed by atoms with Crippen LogP contribution in [0, 0.1) is 0 Å². The number of pyridine rings is 1. The summed E-state index contributed by atoms with van der Waals surface area (Å²) < 4.78 is 0. The number of fused-ring (bicyclic) bond motifs is 8. The fraction of sp³-hybridized carbons (Fsp3) is 0. The maximum absolute atomic E-state index is 5.47. The van der Waals surface area contributed by atoms with Crippen molar-refractivity contribution in [3.63, 3.8) is 0 Å². The van der Waals surface area contributed by atoms with Crippen LogP contribution >= 0.6 is 0 Å². The minimum absolute atomic E-state index is 0.605. The molecule has 0 N–H and O–H groups in total. The summed E-state index contributed by atoms with van der Waals surface area (Å²) in [4.78, 5) is 20.9. The van der Waals surface area contributed by atoms with Crippen molar-refractivity contribution in [3.05, 3.63) is 206 Å². The van der Waals surface area contributed by atoms with Crippen LogP contribution in [0.15, 0.2) is 206 Å². The van der Waals surface area contributed by atoms with Crippen LogP contribution in [0.1, 0.15) is 0 Å². The highest BCUT2D eigenvalue weighted by Crippen LogP contribution is 2.52. The Bertz CT molecular complexity index is 3700. The molecule has 0 radical (unpaired) electrons. The largest absolute Gasteiger partial charge is 0.256 e. The molecule has 4 nitrogen and oxygen atoms in total. The van der Waals surface area contributed by atoms with Gasteiger partial charge in [-0.3, -0.25) is 4.98 Å². The van der Waals surface area contributed by atoms with Crippen molar-refractivity contribution in [1.29, 1.82) is 0 Å². The molecular weight excluding hydrogens is 777 g/mol. The number of hydrogen-bond acceptors (Lipinski definition) is 4. The Kier molecular flexibility index (Phi) is 7.36. The highest BCUT2D eigenvalue weighted by molar-refractivity contribution is 6.20. The van der Waals surface area contributed by atoms with Gasteiger partial charge >= 0.3 is 0 Å². The molecule has 0 saturated heterocycles. The van der Waals surface area contributed by atoms with Gasteiger partial charge < -0.3 is 0 Å². The van der Waals surface area contributed by atoms with E-state index in [2.05, 4.69) is 176 Å². The van der Waals surface area contributed by atoms with Gasteiger partial charge in [0.1, 0.15) is 0 Å². The second-order valence-electron chi connectivity index (χ2n) is 16.9. The van der Waals surface area contributed by atoms with Gasteiger partial charge in [-0.15, -0.1) is 0 Å². The molecule has 4 heteroatoms. The van der Waals surface area contributed by atoms with E-state index in [4.69, 9.17) is 19.9 Å². The number of hydrogen-bond donors (Lipinski definition) is 0. The molecule has 0 fully saturated rings. The SMILES string of the molecule is c1ccc(-c2nc(-c3cc(-c4ccc5c6c(cccc46)-c4ccccc4-5)cc(-c4ccc5c6c(cccc46)-c4ccccc4-5)c3)nc(-c3c4ccccc4cc4ncccc34)n2)cc1. The molecule has 0 spiro atoms. The summed E-state index contributed by atoms with van der Waals surface area (Å²) in [6.07, 6.45) is 1.85. The third-order valence-corrected chi connectivity index (χ3v) is 13.4. The Labute approximate surface area is 368 Å². The zero-order valence-corrected chi connectivity index (χ0v) is 34.4. The molecule has 64 heavy (non-hydrogen) atoms. The monoisotopic (exact) mass is 810 g/mol. The quantitative estimate of drug-likeness (QED) is 0.163. The van der Waals surface area contributed by atoms with Gasteiger partial charge in [-0.2, -0.15) is 0 Å². The Morgan fingerprint density at radius 2 is 0.719 bits per heavy atom. The first-order valence-electron chi connectivity index (χ1n) is 21.8. The lowest BCUT2D eigenvalue weighted by molar-refractivity contribution is 1.08. The molecule has 0 unspecified atom stereocenters. The van der Waals surface area contributed by atoms with Crippen LogP contribution in [0.3, 0.4) is 0 Å². The predicted octanol–water partition coefficient (Wildman–Crippen LogP) is 15.5. The highest BCUT2D eigenvalue weighted by atomic mass is 15.0. The summed E-state index contributed by atoms with van der Waals surface area (Å²) in [5.74, 6) is 1.83. The summed E-state index contributed by atoms with van der Waals surface area (Å²) in [6.45, 7) is 0. The Hall–Kier alpha value is -8.60. The Morgan fingerprint density at radius 1 is 0.266 bits per heavy atom. The maximum atomic E-state index is 5.47. The fourth-order valence-electron chi connectivity index (χ4n) is 10.6. The first-order valence-corrected chi connectivity index (χ1v) is 21.8. The second-order valence-corrected chi connectivity index (χ2v) is 16.9. The molecule has 0 amide bonds. The molecule has 0 bridgehead atoms. The lowest BCUT2D eigenvalue weighted by Gasteiger charge is -2.16. The van der Waals surface area contributed by atoms with Crippen LogP contribution in [0.5, 0.6) is 0 Å². The van der Waals surface area contributed by atoms with Gasteiger partial charge in [-0.05, 0) is 129 Å². The lowest BCUT2D eigenvalue weighted by atomic mass is 9.89. The zero-order valence-electron chi connectivity index (χ0n) is 34.4. The molecule has 0 aliphatic heterocycles. The van der Waals surface area contributed by atoms with E-state index in [-0.39, 0.29) is 0 Å². The van der Waals surface area contributed by atoms with Crippen molar-refractivity contribution in [2.45, 2.75) is 0 Å². The molecule has 2 aliphatic carbocycles. The van der Waals surface area contributed by atoms with Crippen molar-refractivity contribution in [3.8, 4) is 101 Å². The van der Waals surface area contributed by atoms with E-state index >= 15 is 0 Å². The number of nitrogens with zero attached hydrogens (tertiary/aromatic N) is 4. The summed E-state index contributed by atoms with van der Waals surface area (Å²) in [6, 6.07) is 72.1. The molecule has 2 aromatic heterocycles. The van der Waals surface area contributed by atoms with Gasteiger partial charge in [0.25, 0.3) is 0 Å². The van der Waals surface area contributed by atoms with E-state index in [0.29, 0.717) is 17.5 Å². The van der Waals surface area contributed by atoms with Crippen molar-refractivity contribution in [2.24, 2.45) is 0 Å². The molecule has 2 aliphatic rings. The number of benzene rings is 10. The van der Waals surface area contributed by atoms with E-state index in [0.717, 1.165) is 49.5 Å². The summed E-state index contributed by atoms with van der Waals surface area (Å²) in [5.41, 5.74) is 18.4. The van der Waals surface area contributed by atoms with Gasteiger partial charge in [0.15, 0.2) is 17.5 Å². The van der Waals surface area contributed by atoms with E-state index in [1.165, 1.54) is 77.2 Å². The minimum Gasteiger partial charge on any atom is -0.256 e. The lowest BCUT2D eigenvalue weighted by Crippen LogP contribution is -2.02. The molecule has 294 valence electrons. The molecule has 0 atom stereocenters. The van der Waals surface area contributed by atoms with Crippen molar-refractivity contribution >= 4 is 43.2 Å². The fourth-order valence-corrected chi connectivity index (χ4v) is 10.6. The molecule has 0 saturated carbocycles. The molecule has 14 rings (SSSR count). The van der Waals surface area contributed by atoms with E-state index in [9.17, 15) is 0 Å². The summed E-state index contributed by atoms with van der Waals surface area (Å²) in [7, 11) is 0. The third-order valence-electron chi connectivity index (χ3n) is 13.4. The number of rotatable bonds is 5. The van der Waals surface area contributed by atoms with Crippen LogP contribution in [0.25, 0.3) is 144 Å². The molecule has 2 heterocycles. The first kappa shape index (κ1) is 35.0. The second kappa shape index (κ2) is 13.4. The van der Waals surface area contributed by atoms with Gasteiger partial charge in [0.2, 0.25) is 0 Å². The predicted molar refractivity (Wildman–Crippen MR) is 264 cm³/mol. The Balaban J connectivity index is 1.06. The summed E-state index contributed by atoms with van der Waals surface area (Å²) >= 11 is 0. The zero-order chi connectivity index (χ0) is 41.9. The van der Waals surface area contributed by atoms with E-state index in [1.54, 1.807) is 0 Å². The van der Waals surface area contributed by atoms with Crippen LogP contribution in [0.2, 0.25) is 0 Å². The van der Waals surface area contributed by atoms with Gasteiger partial charge in [-0.25, -0.2) is 15.0 Å². The molecule has 10 aromatic carbocycles. The summed E-state index contributed by atoms with van der Waals surface area (Å²) in [5, 5.41) is 8.18. The highest BCUT2D eigenvalue weighted by Gasteiger charge is 2.26. The van der Waals surface area contributed by atoms with Gasteiger partial charge in [0.05, 0.1) is 5.52 Å².